The lowest BCUT2D eigenvalue weighted by atomic mass is 9.99. The van der Waals surface area contributed by atoms with Crippen LogP contribution in [0.25, 0.3) is 0 Å². The zero-order chi connectivity index (χ0) is 19.6. The Hall–Kier alpha value is -2.80. The van der Waals surface area contributed by atoms with Crippen LogP contribution in [0.5, 0.6) is 11.5 Å². The molecule has 1 aliphatic heterocycles. The first kappa shape index (κ1) is 19.0. The highest BCUT2D eigenvalue weighted by Gasteiger charge is 2.34. The van der Waals surface area contributed by atoms with Crippen molar-refractivity contribution < 1.29 is 22.7 Å². The van der Waals surface area contributed by atoms with Crippen LogP contribution >= 0.6 is 0 Å². The van der Waals surface area contributed by atoms with Gasteiger partial charge in [-0.3, -0.25) is 9.10 Å². The molecule has 0 amide bonds. The Bertz CT molecular complexity index is 980. The van der Waals surface area contributed by atoms with Crippen LogP contribution < -0.4 is 9.47 Å². The van der Waals surface area contributed by atoms with E-state index in [9.17, 15) is 13.2 Å². The van der Waals surface area contributed by atoms with E-state index in [4.69, 9.17) is 9.47 Å². The van der Waals surface area contributed by atoms with E-state index in [1.807, 2.05) is 6.92 Å². The largest absolute Gasteiger partial charge is 0.493 e. The highest BCUT2D eigenvalue weighted by molar-refractivity contribution is 7.89. The molecule has 0 unspecified atom stereocenters. The summed E-state index contributed by atoms with van der Waals surface area (Å²) in [7, 11) is -0.778. The number of ether oxygens (including phenoxy) is 2. The van der Waals surface area contributed by atoms with Gasteiger partial charge in [-0.05, 0) is 42.8 Å². The molecule has 2 aromatic rings. The number of benzene rings is 2. The maximum absolute atomic E-state index is 13.2. The average molecular weight is 387 g/mol. The van der Waals surface area contributed by atoms with Crippen molar-refractivity contribution in [3.8, 4) is 11.5 Å². The van der Waals surface area contributed by atoms with Crippen LogP contribution in [-0.4, -0.2) is 32.7 Å². The first-order valence-corrected chi connectivity index (χ1v) is 9.84. The molecular formula is C20H21NO5S. The Morgan fingerprint density at radius 2 is 1.67 bits per heavy atom. The fraction of sp³-hybridized carbons (Fsp3) is 0.250. The summed E-state index contributed by atoms with van der Waals surface area (Å²) in [5.41, 5.74) is 1.62. The quantitative estimate of drug-likeness (QED) is 0.788. The number of ketones is 1. The highest BCUT2D eigenvalue weighted by atomic mass is 32.2. The van der Waals surface area contributed by atoms with Crippen molar-refractivity contribution in [2.24, 2.45) is 0 Å². The third-order valence-corrected chi connectivity index (χ3v) is 6.30. The van der Waals surface area contributed by atoms with Crippen LogP contribution in [0.1, 0.15) is 23.6 Å². The predicted octanol–water partition coefficient (Wildman–Crippen LogP) is 3.23. The standard InChI is InChI=1S/C20H21NO5S/c1-14-4-7-17(8-5-14)27(23,24)21-11-10-16(22)13-18(21)15-6-9-19(25-2)20(12-15)26-3/h4-12,18H,13H2,1-3H3/t18-/m1/s1. The molecule has 27 heavy (non-hydrogen) atoms. The molecule has 1 aliphatic rings. The molecule has 142 valence electrons. The number of allylic oxidation sites excluding steroid dienone is 1. The van der Waals surface area contributed by atoms with Gasteiger partial charge in [0.05, 0.1) is 25.2 Å². The third-order valence-electron chi connectivity index (χ3n) is 4.50. The number of hydrogen-bond donors (Lipinski definition) is 0. The molecule has 0 aromatic heterocycles. The Labute approximate surface area is 159 Å². The smallest absolute Gasteiger partial charge is 0.264 e. The zero-order valence-electron chi connectivity index (χ0n) is 15.4. The minimum atomic E-state index is -3.81. The van der Waals surface area contributed by atoms with E-state index in [0.29, 0.717) is 17.1 Å². The van der Waals surface area contributed by atoms with Crippen molar-refractivity contribution in [2.45, 2.75) is 24.3 Å². The van der Waals surface area contributed by atoms with E-state index < -0.39 is 16.1 Å². The first-order valence-electron chi connectivity index (χ1n) is 8.40. The number of methoxy groups -OCH3 is 2. The van der Waals surface area contributed by atoms with E-state index in [1.165, 1.54) is 30.8 Å². The van der Waals surface area contributed by atoms with Crippen LogP contribution in [-0.2, 0) is 14.8 Å². The Kier molecular flexibility index (Phi) is 5.23. The highest BCUT2D eigenvalue weighted by Crippen LogP contribution is 2.37. The third kappa shape index (κ3) is 3.68. The summed E-state index contributed by atoms with van der Waals surface area (Å²) >= 11 is 0. The van der Waals surface area contributed by atoms with Gasteiger partial charge in [0.1, 0.15) is 0 Å². The van der Waals surface area contributed by atoms with Gasteiger partial charge in [0.15, 0.2) is 17.3 Å². The molecule has 0 aliphatic carbocycles. The van der Waals surface area contributed by atoms with Gasteiger partial charge < -0.3 is 9.47 Å². The molecule has 6 nitrogen and oxygen atoms in total. The summed E-state index contributed by atoms with van der Waals surface area (Å²) in [6.07, 6.45) is 2.68. The summed E-state index contributed by atoms with van der Waals surface area (Å²) in [5.74, 6) is 0.877. The lowest BCUT2D eigenvalue weighted by molar-refractivity contribution is -0.115. The molecule has 0 N–H and O–H groups in total. The van der Waals surface area contributed by atoms with Crippen molar-refractivity contribution in [3.05, 3.63) is 65.9 Å². The molecular weight excluding hydrogens is 366 g/mol. The first-order chi connectivity index (χ1) is 12.9. The average Bonchev–Trinajstić information content (AvgIpc) is 2.67. The van der Waals surface area contributed by atoms with E-state index >= 15 is 0 Å². The van der Waals surface area contributed by atoms with Crippen molar-refractivity contribution in [1.82, 2.24) is 4.31 Å². The minimum Gasteiger partial charge on any atom is -0.493 e. The Morgan fingerprint density at radius 1 is 1.00 bits per heavy atom. The van der Waals surface area contributed by atoms with Crippen molar-refractivity contribution in [1.29, 1.82) is 0 Å². The predicted molar refractivity (Wildman–Crippen MR) is 101 cm³/mol. The number of aryl methyl sites for hydroxylation is 1. The van der Waals surface area contributed by atoms with Gasteiger partial charge in [-0.1, -0.05) is 23.8 Å². The molecule has 0 bridgehead atoms. The lowest BCUT2D eigenvalue weighted by Gasteiger charge is -2.32. The summed E-state index contributed by atoms with van der Waals surface area (Å²) in [6.45, 7) is 1.89. The molecule has 0 saturated carbocycles. The fourth-order valence-electron chi connectivity index (χ4n) is 3.01. The summed E-state index contributed by atoms with van der Waals surface area (Å²) in [5, 5.41) is 0. The summed E-state index contributed by atoms with van der Waals surface area (Å²) in [6, 6.07) is 11.1. The molecule has 2 aromatic carbocycles. The molecule has 1 heterocycles. The number of rotatable bonds is 5. The molecule has 7 heteroatoms. The van der Waals surface area contributed by atoms with Gasteiger partial charge in [-0.15, -0.1) is 0 Å². The van der Waals surface area contributed by atoms with Crippen molar-refractivity contribution in [3.63, 3.8) is 0 Å². The minimum absolute atomic E-state index is 0.0527. The number of carbonyl (C=O) groups is 1. The topological polar surface area (TPSA) is 72.9 Å². The van der Waals surface area contributed by atoms with Gasteiger partial charge in [0.25, 0.3) is 10.0 Å². The van der Waals surface area contributed by atoms with Gasteiger partial charge in [0, 0.05) is 12.6 Å². The van der Waals surface area contributed by atoms with Gasteiger partial charge >= 0.3 is 0 Å². The van der Waals surface area contributed by atoms with Crippen LogP contribution in [0.3, 0.4) is 0 Å². The SMILES string of the molecule is COc1ccc([C@H]2CC(=O)C=CN2S(=O)(=O)c2ccc(C)cc2)cc1OC. The monoisotopic (exact) mass is 387 g/mol. The van der Waals surface area contributed by atoms with Gasteiger partial charge in [-0.25, -0.2) is 8.42 Å². The van der Waals surface area contributed by atoms with Crippen LogP contribution in [0.2, 0.25) is 0 Å². The maximum atomic E-state index is 13.2. The van der Waals surface area contributed by atoms with Gasteiger partial charge in [0.2, 0.25) is 0 Å². The number of sulfonamides is 1. The van der Waals surface area contributed by atoms with Crippen molar-refractivity contribution in [2.75, 3.05) is 14.2 Å². The second-order valence-corrected chi connectivity index (χ2v) is 8.11. The maximum Gasteiger partial charge on any atom is 0.264 e. The molecule has 0 radical (unpaired) electrons. The molecule has 0 saturated heterocycles. The second-order valence-electron chi connectivity index (χ2n) is 6.26. The van der Waals surface area contributed by atoms with Crippen molar-refractivity contribution >= 4 is 15.8 Å². The molecule has 0 fully saturated rings. The van der Waals surface area contributed by atoms with E-state index in [2.05, 4.69) is 0 Å². The number of nitrogens with zero attached hydrogens (tertiary/aromatic N) is 1. The molecule has 3 rings (SSSR count). The normalized spacial score (nSPS) is 17.1. The number of hydrogen-bond acceptors (Lipinski definition) is 5. The Balaban J connectivity index is 2.06. The van der Waals surface area contributed by atoms with E-state index in [1.54, 1.807) is 42.5 Å². The van der Waals surface area contributed by atoms with E-state index in [0.717, 1.165) is 5.56 Å². The second kappa shape index (κ2) is 7.44. The van der Waals surface area contributed by atoms with Crippen LogP contribution in [0, 0.1) is 6.92 Å². The summed E-state index contributed by atoms with van der Waals surface area (Å²) in [4.78, 5) is 12.2. The Morgan fingerprint density at radius 3 is 2.30 bits per heavy atom. The van der Waals surface area contributed by atoms with Crippen LogP contribution in [0.15, 0.2) is 59.6 Å². The molecule has 0 spiro atoms. The lowest BCUT2D eigenvalue weighted by Crippen LogP contribution is -2.34. The van der Waals surface area contributed by atoms with Gasteiger partial charge in [-0.2, -0.15) is 0 Å². The summed E-state index contributed by atoms with van der Waals surface area (Å²) < 4.78 is 38.1. The zero-order valence-corrected chi connectivity index (χ0v) is 16.2. The van der Waals surface area contributed by atoms with Crippen LogP contribution in [0.4, 0.5) is 0 Å². The number of carbonyl (C=O) groups excluding carboxylic acids is 1. The molecule has 1 atom stereocenters. The van der Waals surface area contributed by atoms with E-state index in [-0.39, 0.29) is 17.1 Å². The fourth-order valence-corrected chi connectivity index (χ4v) is 4.49.